The number of nitrogens with two attached hydrogens (primary N) is 1. The molecule has 0 aliphatic heterocycles. The Morgan fingerprint density at radius 3 is 2.62 bits per heavy atom. The quantitative estimate of drug-likeness (QED) is 0.840. The van der Waals surface area contributed by atoms with Crippen molar-refractivity contribution in [2.24, 2.45) is 0 Å². The van der Waals surface area contributed by atoms with E-state index in [1.165, 1.54) is 0 Å². The van der Waals surface area contributed by atoms with Gasteiger partial charge in [0.25, 0.3) is 5.91 Å². The van der Waals surface area contributed by atoms with Crippen LogP contribution in [0.5, 0.6) is 0 Å². The van der Waals surface area contributed by atoms with E-state index in [2.05, 4.69) is 5.32 Å². The molecule has 0 heterocycles. The molecule has 21 heavy (non-hydrogen) atoms. The average Bonchev–Trinajstić information content (AvgIpc) is 2.41. The van der Waals surface area contributed by atoms with Gasteiger partial charge in [0.2, 0.25) is 0 Å². The van der Waals surface area contributed by atoms with Crippen LogP contribution >= 0.6 is 23.2 Å². The molecule has 1 amide bonds. The van der Waals surface area contributed by atoms with Gasteiger partial charge in [-0.05, 0) is 48.7 Å². The molecule has 0 aliphatic carbocycles. The molecule has 5 heteroatoms. The Hall–Kier alpha value is -1.71. The Bertz CT molecular complexity index is 671. The zero-order chi connectivity index (χ0) is 15.4. The van der Waals surface area contributed by atoms with Crippen molar-refractivity contribution in [3.63, 3.8) is 0 Å². The van der Waals surface area contributed by atoms with Crippen molar-refractivity contribution in [1.82, 2.24) is 5.32 Å². The van der Waals surface area contributed by atoms with Gasteiger partial charge in [-0.25, -0.2) is 0 Å². The third kappa shape index (κ3) is 4.13. The second-order valence-electron chi connectivity index (χ2n) is 4.83. The Morgan fingerprint density at radius 1 is 1.19 bits per heavy atom. The van der Waals surface area contributed by atoms with Crippen molar-refractivity contribution >= 4 is 34.8 Å². The van der Waals surface area contributed by atoms with E-state index in [9.17, 15) is 4.79 Å². The van der Waals surface area contributed by atoms with Crippen LogP contribution in [-0.4, -0.2) is 12.5 Å². The number of rotatable bonds is 4. The van der Waals surface area contributed by atoms with Gasteiger partial charge in [0, 0.05) is 22.3 Å². The van der Waals surface area contributed by atoms with Gasteiger partial charge in [0.05, 0.1) is 5.56 Å². The Labute approximate surface area is 134 Å². The van der Waals surface area contributed by atoms with Crippen molar-refractivity contribution < 1.29 is 4.79 Å². The largest absolute Gasteiger partial charge is 0.398 e. The molecular weight excluding hydrogens is 307 g/mol. The summed E-state index contributed by atoms with van der Waals surface area (Å²) < 4.78 is 0. The first-order valence-corrected chi connectivity index (χ1v) is 7.31. The van der Waals surface area contributed by atoms with Crippen LogP contribution in [0.4, 0.5) is 5.69 Å². The number of nitrogen functional groups attached to an aromatic ring is 1. The molecule has 0 aromatic heterocycles. The molecule has 0 bridgehead atoms. The summed E-state index contributed by atoms with van der Waals surface area (Å²) in [5.41, 5.74) is 8.79. The van der Waals surface area contributed by atoms with E-state index in [0.29, 0.717) is 34.3 Å². The van der Waals surface area contributed by atoms with Crippen molar-refractivity contribution in [2.75, 3.05) is 12.3 Å². The first kappa shape index (κ1) is 15.7. The van der Waals surface area contributed by atoms with Crippen LogP contribution in [-0.2, 0) is 6.42 Å². The molecule has 3 nitrogen and oxygen atoms in total. The summed E-state index contributed by atoms with van der Waals surface area (Å²) in [5.74, 6) is -0.183. The van der Waals surface area contributed by atoms with Gasteiger partial charge in [-0.2, -0.15) is 0 Å². The highest BCUT2D eigenvalue weighted by Gasteiger charge is 2.09. The first-order valence-electron chi connectivity index (χ1n) is 6.55. The SMILES string of the molecule is Cc1ccc(C(=O)NCCc2ccc(Cl)cc2Cl)c(N)c1. The molecule has 110 valence electrons. The highest BCUT2D eigenvalue weighted by molar-refractivity contribution is 6.35. The van der Waals surface area contributed by atoms with Crippen LogP contribution in [0.2, 0.25) is 10.0 Å². The normalized spacial score (nSPS) is 10.4. The molecule has 0 fully saturated rings. The number of benzene rings is 2. The van der Waals surface area contributed by atoms with Gasteiger partial charge < -0.3 is 11.1 Å². The topological polar surface area (TPSA) is 55.1 Å². The van der Waals surface area contributed by atoms with Gasteiger partial charge in [-0.1, -0.05) is 35.3 Å². The van der Waals surface area contributed by atoms with Crippen LogP contribution in [0.1, 0.15) is 21.5 Å². The minimum atomic E-state index is -0.183. The van der Waals surface area contributed by atoms with Crippen LogP contribution in [0, 0.1) is 6.92 Å². The molecular formula is C16H16Cl2N2O. The smallest absolute Gasteiger partial charge is 0.253 e. The molecule has 0 saturated carbocycles. The second-order valence-corrected chi connectivity index (χ2v) is 5.68. The Morgan fingerprint density at radius 2 is 1.95 bits per heavy atom. The summed E-state index contributed by atoms with van der Waals surface area (Å²) in [6.07, 6.45) is 0.632. The predicted octanol–water partition coefficient (Wildman–Crippen LogP) is 3.86. The lowest BCUT2D eigenvalue weighted by Gasteiger charge is -2.09. The van der Waals surface area contributed by atoms with Crippen molar-refractivity contribution in [3.8, 4) is 0 Å². The number of halogens is 2. The molecule has 0 spiro atoms. The summed E-state index contributed by atoms with van der Waals surface area (Å²) in [4.78, 5) is 12.1. The summed E-state index contributed by atoms with van der Waals surface area (Å²) >= 11 is 11.9. The molecule has 2 aromatic carbocycles. The predicted molar refractivity (Wildman–Crippen MR) is 88.1 cm³/mol. The molecule has 2 aromatic rings. The Balaban J connectivity index is 1.95. The molecule has 0 atom stereocenters. The van der Waals surface area contributed by atoms with Crippen LogP contribution in [0.25, 0.3) is 0 Å². The lowest BCUT2D eigenvalue weighted by molar-refractivity contribution is 0.0955. The summed E-state index contributed by atoms with van der Waals surface area (Å²) in [6.45, 7) is 2.41. The Kier molecular flexibility index (Phi) is 5.10. The highest BCUT2D eigenvalue weighted by atomic mass is 35.5. The molecule has 0 radical (unpaired) electrons. The van der Waals surface area contributed by atoms with Crippen LogP contribution in [0.15, 0.2) is 36.4 Å². The number of hydrogen-bond acceptors (Lipinski definition) is 2. The number of carbonyl (C=O) groups is 1. The van der Waals surface area contributed by atoms with Gasteiger partial charge >= 0.3 is 0 Å². The van der Waals surface area contributed by atoms with Gasteiger partial charge in [-0.15, -0.1) is 0 Å². The summed E-state index contributed by atoms with van der Waals surface area (Å²) in [7, 11) is 0. The fraction of sp³-hybridized carbons (Fsp3) is 0.188. The minimum absolute atomic E-state index is 0.183. The molecule has 0 aliphatic rings. The van der Waals surface area contributed by atoms with E-state index in [4.69, 9.17) is 28.9 Å². The summed E-state index contributed by atoms with van der Waals surface area (Å²) in [5, 5.41) is 4.04. The molecule has 2 rings (SSSR count). The van der Waals surface area contributed by atoms with E-state index in [-0.39, 0.29) is 5.91 Å². The number of nitrogens with one attached hydrogen (secondary N) is 1. The number of aryl methyl sites for hydroxylation is 1. The third-order valence-corrected chi connectivity index (χ3v) is 3.73. The zero-order valence-corrected chi connectivity index (χ0v) is 13.1. The maximum absolute atomic E-state index is 12.1. The maximum Gasteiger partial charge on any atom is 0.253 e. The van der Waals surface area contributed by atoms with Crippen molar-refractivity contribution in [2.45, 2.75) is 13.3 Å². The summed E-state index contributed by atoms with van der Waals surface area (Å²) in [6, 6.07) is 10.7. The van der Waals surface area contributed by atoms with E-state index in [1.807, 2.05) is 19.1 Å². The fourth-order valence-electron chi connectivity index (χ4n) is 2.02. The molecule has 0 unspecified atom stereocenters. The molecule has 3 N–H and O–H groups in total. The van der Waals surface area contributed by atoms with Crippen molar-refractivity contribution in [3.05, 3.63) is 63.1 Å². The van der Waals surface area contributed by atoms with Crippen LogP contribution < -0.4 is 11.1 Å². The average molecular weight is 323 g/mol. The van der Waals surface area contributed by atoms with Gasteiger partial charge in [0.1, 0.15) is 0 Å². The highest BCUT2D eigenvalue weighted by Crippen LogP contribution is 2.21. The standard InChI is InChI=1S/C16H16Cl2N2O/c1-10-2-5-13(15(19)8-10)16(21)20-7-6-11-3-4-12(17)9-14(11)18/h2-5,8-9H,6-7,19H2,1H3,(H,20,21). The fourth-order valence-corrected chi connectivity index (χ4v) is 2.52. The molecule has 0 saturated heterocycles. The van der Waals surface area contributed by atoms with Gasteiger partial charge in [0.15, 0.2) is 0 Å². The van der Waals surface area contributed by atoms with Gasteiger partial charge in [-0.3, -0.25) is 4.79 Å². The number of anilines is 1. The maximum atomic E-state index is 12.1. The lowest BCUT2D eigenvalue weighted by Crippen LogP contribution is -2.26. The first-order chi connectivity index (χ1) is 9.97. The number of amides is 1. The minimum Gasteiger partial charge on any atom is -0.398 e. The van der Waals surface area contributed by atoms with E-state index in [0.717, 1.165) is 11.1 Å². The number of hydrogen-bond donors (Lipinski definition) is 2. The zero-order valence-electron chi connectivity index (χ0n) is 11.6. The van der Waals surface area contributed by atoms with E-state index in [1.54, 1.807) is 24.3 Å². The monoisotopic (exact) mass is 322 g/mol. The third-order valence-electron chi connectivity index (χ3n) is 3.15. The lowest BCUT2D eigenvalue weighted by atomic mass is 10.1. The number of carbonyl (C=O) groups excluding carboxylic acids is 1. The van der Waals surface area contributed by atoms with E-state index < -0.39 is 0 Å². The van der Waals surface area contributed by atoms with Crippen LogP contribution in [0.3, 0.4) is 0 Å². The van der Waals surface area contributed by atoms with Crippen molar-refractivity contribution in [1.29, 1.82) is 0 Å². The van der Waals surface area contributed by atoms with E-state index >= 15 is 0 Å². The second kappa shape index (κ2) is 6.83.